The minimum absolute atomic E-state index is 0.158. The van der Waals surface area contributed by atoms with E-state index in [2.05, 4.69) is 20.5 Å². The Balaban J connectivity index is 1.42. The summed E-state index contributed by atoms with van der Waals surface area (Å²) in [5.41, 5.74) is 1.18. The summed E-state index contributed by atoms with van der Waals surface area (Å²) >= 11 is 1.63. The van der Waals surface area contributed by atoms with Crippen LogP contribution in [0, 0.1) is 0 Å². The van der Waals surface area contributed by atoms with Gasteiger partial charge < -0.3 is 20.1 Å². The van der Waals surface area contributed by atoms with Crippen molar-refractivity contribution in [3.05, 3.63) is 10.6 Å². The van der Waals surface area contributed by atoms with Crippen LogP contribution in [0.2, 0.25) is 0 Å². The molecule has 1 aromatic rings. The maximum absolute atomic E-state index is 12.3. The van der Waals surface area contributed by atoms with Gasteiger partial charge in [-0.15, -0.1) is 11.3 Å². The Kier molecular flexibility index (Phi) is 7.87. The van der Waals surface area contributed by atoms with Gasteiger partial charge in [-0.25, -0.2) is 9.78 Å². The molecule has 3 N–H and O–H groups in total. The number of urea groups is 1. The Hall–Kier alpha value is -1.22. The van der Waals surface area contributed by atoms with Crippen molar-refractivity contribution in [3.8, 4) is 0 Å². The first-order chi connectivity index (χ1) is 13.1. The summed E-state index contributed by atoms with van der Waals surface area (Å²) < 4.78 is 4.97. The molecule has 1 atom stereocenters. The average molecular weight is 397 g/mol. The van der Waals surface area contributed by atoms with Crippen molar-refractivity contribution in [2.45, 2.75) is 63.5 Å². The molecule has 1 aliphatic carbocycles. The van der Waals surface area contributed by atoms with Crippen LogP contribution in [0.1, 0.15) is 49.1 Å². The lowest BCUT2D eigenvalue weighted by molar-refractivity contribution is 0.0315. The molecule has 1 aliphatic heterocycles. The predicted molar refractivity (Wildman–Crippen MR) is 107 cm³/mol. The Morgan fingerprint density at radius 1 is 1.30 bits per heavy atom. The van der Waals surface area contributed by atoms with E-state index in [0.29, 0.717) is 13.2 Å². The van der Waals surface area contributed by atoms with Crippen LogP contribution in [-0.4, -0.2) is 66.5 Å². The molecule has 8 heteroatoms. The van der Waals surface area contributed by atoms with E-state index in [1.807, 2.05) is 0 Å². The fourth-order valence-electron chi connectivity index (χ4n) is 3.88. The van der Waals surface area contributed by atoms with Crippen molar-refractivity contribution in [3.63, 3.8) is 0 Å². The van der Waals surface area contributed by atoms with Crippen molar-refractivity contribution >= 4 is 22.5 Å². The zero-order valence-corrected chi connectivity index (χ0v) is 17.0. The first-order valence-electron chi connectivity index (χ1n) is 10.1. The number of aromatic nitrogens is 1. The van der Waals surface area contributed by atoms with E-state index in [1.165, 1.54) is 36.3 Å². The molecule has 0 aromatic carbocycles. The number of nitrogens with zero attached hydrogens (tertiary/aromatic N) is 2. The van der Waals surface area contributed by atoms with Gasteiger partial charge >= 0.3 is 6.03 Å². The number of piperidine rings is 1. The summed E-state index contributed by atoms with van der Waals surface area (Å²) in [7, 11) is 1.60. The monoisotopic (exact) mass is 396 g/mol. The lowest BCUT2D eigenvalue weighted by Gasteiger charge is -2.33. The van der Waals surface area contributed by atoms with E-state index in [4.69, 9.17) is 4.74 Å². The third-order valence-electron chi connectivity index (χ3n) is 5.32. The number of rotatable bonds is 6. The third-order valence-corrected chi connectivity index (χ3v) is 6.39. The number of likely N-dealkylation sites (tertiary alicyclic amines) is 1. The van der Waals surface area contributed by atoms with Crippen LogP contribution in [0.25, 0.3) is 0 Å². The number of aliphatic hydroxyl groups excluding tert-OH is 1. The molecule has 3 rings (SSSR count). The van der Waals surface area contributed by atoms with Crippen LogP contribution >= 0.6 is 11.3 Å². The molecule has 0 saturated carbocycles. The van der Waals surface area contributed by atoms with Gasteiger partial charge in [0.15, 0.2) is 5.13 Å². The fraction of sp³-hybridized carbons (Fsp3) is 0.789. The number of aliphatic hydroxyl groups is 1. The molecule has 1 saturated heterocycles. The van der Waals surface area contributed by atoms with Crippen LogP contribution in [-0.2, 0) is 17.6 Å². The molecule has 2 heterocycles. The second kappa shape index (κ2) is 10.4. The molecule has 152 valence electrons. The number of methoxy groups -OCH3 is 1. The molecular weight excluding hydrogens is 364 g/mol. The quantitative estimate of drug-likeness (QED) is 0.687. The minimum atomic E-state index is -0.452. The van der Waals surface area contributed by atoms with Crippen LogP contribution in [0.4, 0.5) is 9.93 Å². The number of fused-ring (bicyclic) bond motifs is 1. The smallest absolute Gasteiger partial charge is 0.321 e. The zero-order chi connectivity index (χ0) is 19.1. The maximum atomic E-state index is 12.3. The number of hydrogen-bond acceptors (Lipinski definition) is 6. The molecule has 1 fully saturated rings. The average Bonchev–Trinajstić information content (AvgIpc) is 2.97. The summed E-state index contributed by atoms with van der Waals surface area (Å²) in [5, 5.41) is 16.6. The number of nitrogens with one attached hydrogen (secondary N) is 2. The standard InChI is InChI=1S/C19H32N4O3S/c1-26-13-15(24)12-23-10-8-14(9-11-23)20-18(25)22-19-21-16-6-4-2-3-5-7-17(16)27-19/h14-15,24H,2-13H2,1H3,(H2,20,21,22,25). The van der Waals surface area contributed by atoms with Gasteiger partial charge in [0.05, 0.1) is 18.4 Å². The van der Waals surface area contributed by atoms with Gasteiger partial charge in [0.25, 0.3) is 0 Å². The van der Waals surface area contributed by atoms with Gasteiger partial charge in [-0.2, -0.15) is 0 Å². The van der Waals surface area contributed by atoms with Gasteiger partial charge in [0.1, 0.15) is 0 Å². The van der Waals surface area contributed by atoms with Crippen LogP contribution in [0.5, 0.6) is 0 Å². The Labute approximate surface area is 165 Å². The highest BCUT2D eigenvalue weighted by molar-refractivity contribution is 7.15. The summed E-state index contributed by atoms with van der Waals surface area (Å²) in [5.74, 6) is 0. The highest BCUT2D eigenvalue weighted by Gasteiger charge is 2.23. The van der Waals surface area contributed by atoms with E-state index in [9.17, 15) is 9.90 Å². The molecule has 0 radical (unpaired) electrons. The van der Waals surface area contributed by atoms with Crippen molar-refractivity contribution in [1.29, 1.82) is 0 Å². The molecule has 1 unspecified atom stereocenters. The lowest BCUT2D eigenvalue weighted by Crippen LogP contribution is -2.47. The molecular formula is C19H32N4O3S. The number of hydrogen-bond donors (Lipinski definition) is 3. The summed E-state index contributed by atoms with van der Waals surface area (Å²) in [6, 6.07) is 0.0106. The topological polar surface area (TPSA) is 86.7 Å². The van der Waals surface area contributed by atoms with E-state index in [0.717, 1.165) is 43.9 Å². The van der Waals surface area contributed by atoms with Crippen molar-refractivity contribution in [1.82, 2.24) is 15.2 Å². The number of β-amino-alcohol motifs (C(OH)–C–C–N with tert-alkyl or cyclic N) is 1. The first-order valence-corrected chi connectivity index (χ1v) is 10.9. The number of anilines is 1. The van der Waals surface area contributed by atoms with Gasteiger partial charge in [0.2, 0.25) is 0 Å². The highest BCUT2D eigenvalue weighted by Crippen LogP contribution is 2.28. The summed E-state index contributed by atoms with van der Waals surface area (Å²) in [6.07, 6.45) is 8.43. The van der Waals surface area contributed by atoms with Crippen LogP contribution < -0.4 is 10.6 Å². The molecule has 1 aromatic heterocycles. The third kappa shape index (κ3) is 6.41. The highest BCUT2D eigenvalue weighted by atomic mass is 32.1. The first kappa shape index (κ1) is 20.5. The van der Waals surface area contributed by atoms with E-state index in [-0.39, 0.29) is 12.1 Å². The number of carbonyl (C=O) groups excluding carboxylic acids is 1. The number of amides is 2. The van der Waals surface area contributed by atoms with Crippen molar-refractivity contribution in [2.24, 2.45) is 0 Å². The number of carbonyl (C=O) groups is 1. The number of aryl methyl sites for hydroxylation is 2. The van der Waals surface area contributed by atoms with Crippen LogP contribution in [0.3, 0.4) is 0 Å². The van der Waals surface area contributed by atoms with E-state index < -0.39 is 6.10 Å². The Morgan fingerprint density at radius 3 is 2.78 bits per heavy atom. The Bertz CT molecular complexity index is 576. The van der Waals surface area contributed by atoms with Crippen molar-refractivity contribution in [2.75, 3.05) is 38.7 Å². The molecule has 27 heavy (non-hydrogen) atoms. The zero-order valence-electron chi connectivity index (χ0n) is 16.2. The molecule has 7 nitrogen and oxygen atoms in total. The molecule has 0 bridgehead atoms. The maximum Gasteiger partial charge on any atom is 0.321 e. The van der Waals surface area contributed by atoms with Gasteiger partial charge in [0, 0.05) is 37.7 Å². The van der Waals surface area contributed by atoms with E-state index in [1.54, 1.807) is 18.4 Å². The SMILES string of the molecule is COCC(O)CN1CCC(NC(=O)Nc2nc3c(s2)CCCCCC3)CC1. The van der Waals surface area contributed by atoms with Gasteiger partial charge in [-0.3, -0.25) is 5.32 Å². The number of ether oxygens (including phenoxy) is 1. The van der Waals surface area contributed by atoms with E-state index >= 15 is 0 Å². The molecule has 2 amide bonds. The summed E-state index contributed by atoms with van der Waals surface area (Å²) in [4.78, 5) is 20.6. The van der Waals surface area contributed by atoms with Gasteiger partial charge in [-0.05, 0) is 38.5 Å². The second-order valence-electron chi connectivity index (χ2n) is 7.59. The lowest BCUT2D eigenvalue weighted by atomic mass is 10.0. The largest absolute Gasteiger partial charge is 0.389 e. The summed E-state index contributed by atoms with van der Waals surface area (Å²) in [6.45, 7) is 2.73. The van der Waals surface area contributed by atoms with Crippen molar-refractivity contribution < 1.29 is 14.6 Å². The number of thiazole rings is 1. The fourth-order valence-corrected chi connectivity index (χ4v) is 4.93. The second-order valence-corrected chi connectivity index (χ2v) is 8.67. The minimum Gasteiger partial charge on any atom is -0.389 e. The normalized spacial score (nSPS) is 20.4. The van der Waals surface area contributed by atoms with Gasteiger partial charge in [-0.1, -0.05) is 12.8 Å². The van der Waals surface area contributed by atoms with Crippen LogP contribution in [0.15, 0.2) is 0 Å². The predicted octanol–water partition coefficient (Wildman–Crippen LogP) is 2.40. The molecule has 2 aliphatic rings. The Morgan fingerprint density at radius 2 is 2.04 bits per heavy atom. The molecule has 0 spiro atoms.